The van der Waals surface area contributed by atoms with Crippen LogP contribution >= 0.6 is 0 Å². The van der Waals surface area contributed by atoms with Gasteiger partial charge in [-0.15, -0.1) is 0 Å². The van der Waals surface area contributed by atoms with Gasteiger partial charge in [0.1, 0.15) is 5.75 Å². The van der Waals surface area contributed by atoms with E-state index in [2.05, 4.69) is 56.3 Å². The molecule has 0 fully saturated rings. The molecule has 0 aromatic heterocycles. The summed E-state index contributed by atoms with van der Waals surface area (Å²) in [6, 6.07) is 22.3. The topological polar surface area (TPSA) is 26.3 Å². The number of hydrogen-bond acceptors (Lipinski definition) is 2. The molecule has 0 unspecified atom stereocenters. The molecule has 140 valence electrons. The Morgan fingerprint density at radius 2 is 1.50 bits per heavy atom. The number of Topliss-reactive ketones (excluding diaryl/α,β-unsaturated/α-hetero) is 1. The lowest BCUT2D eigenvalue weighted by Crippen LogP contribution is -2.13. The number of fused-ring (bicyclic) bond motifs is 1. The number of benzene rings is 3. The van der Waals surface area contributed by atoms with Crippen LogP contribution in [0.4, 0.5) is 0 Å². The summed E-state index contributed by atoms with van der Waals surface area (Å²) in [4.78, 5) is 13.6. The van der Waals surface area contributed by atoms with Crippen molar-refractivity contribution in [3.8, 4) is 5.75 Å². The third-order valence-corrected chi connectivity index (χ3v) is 5.46. The van der Waals surface area contributed by atoms with E-state index in [-0.39, 0.29) is 5.78 Å². The maximum absolute atomic E-state index is 13.6. The van der Waals surface area contributed by atoms with Crippen molar-refractivity contribution in [2.45, 2.75) is 26.7 Å². The molecule has 0 aliphatic heterocycles. The van der Waals surface area contributed by atoms with Gasteiger partial charge in [0, 0.05) is 11.1 Å². The first-order chi connectivity index (χ1) is 13.6. The standard InChI is InChI=1S/C26H24O2/c1-17-4-7-19(8-5-17)23-15-11-21-16-18(2)6-14-24(21)25(23)26(27)20-9-12-22(28-3)13-10-20/h4-10,12-14,16H,11,15H2,1-3H3. The van der Waals surface area contributed by atoms with Gasteiger partial charge in [-0.1, -0.05) is 53.6 Å². The van der Waals surface area contributed by atoms with Crippen molar-refractivity contribution in [2.24, 2.45) is 0 Å². The molecule has 0 bridgehead atoms. The fourth-order valence-corrected chi connectivity index (χ4v) is 3.91. The zero-order valence-corrected chi connectivity index (χ0v) is 16.6. The van der Waals surface area contributed by atoms with Gasteiger partial charge >= 0.3 is 0 Å². The van der Waals surface area contributed by atoms with Crippen LogP contribution < -0.4 is 4.74 Å². The molecule has 0 N–H and O–H groups in total. The summed E-state index contributed by atoms with van der Waals surface area (Å²) in [6.45, 7) is 4.19. The molecule has 3 aromatic rings. The van der Waals surface area contributed by atoms with Gasteiger partial charge in [0.2, 0.25) is 0 Å². The fourth-order valence-electron chi connectivity index (χ4n) is 3.91. The van der Waals surface area contributed by atoms with Crippen LogP contribution in [0.1, 0.15) is 44.6 Å². The normalized spacial score (nSPS) is 13.2. The van der Waals surface area contributed by atoms with Crippen molar-refractivity contribution < 1.29 is 9.53 Å². The van der Waals surface area contributed by atoms with Crippen molar-refractivity contribution in [1.82, 2.24) is 0 Å². The molecule has 0 saturated heterocycles. The Balaban J connectivity index is 1.89. The van der Waals surface area contributed by atoms with Crippen LogP contribution in [0.2, 0.25) is 0 Å². The number of methoxy groups -OCH3 is 1. The second-order valence-corrected chi connectivity index (χ2v) is 7.44. The molecule has 2 nitrogen and oxygen atoms in total. The predicted octanol–water partition coefficient (Wildman–Crippen LogP) is 6.05. The first kappa shape index (κ1) is 18.2. The molecular weight excluding hydrogens is 344 g/mol. The summed E-state index contributed by atoms with van der Waals surface area (Å²) in [7, 11) is 1.63. The van der Waals surface area contributed by atoms with Crippen molar-refractivity contribution in [3.05, 3.63) is 100 Å². The second kappa shape index (κ2) is 7.47. The number of hydrogen-bond donors (Lipinski definition) is 0. The number of ether oxygens (including phenoxy) is 1. The van der Waals surface area contributed by atoms with Crippen LogP contribution in [-0.2, 0) is 6.42 Å². The second-order valence-electron chi connectivity index (χ2n) is 7.44. The average Bonchev–Trinajstić information content (AvgIpc) is 2.73. The van der Waals surface area contributed by atoms with Crippen molar-refractivity contribution >= 4 is 16.9 Å². The maximum atomic E-state index is 13.6. The Bertz CT molecular complexity index is 1050. The molecule has 0 atom stereocenters. The van der Waals surface area contributed by atoms with Crippen LogP contribution in [0.15, 0.2) is 66.7 Å². The fraction of sp³-hybridized carbons (Fsp3) is 0.192. The van der Waals surface area contributed by atoms with E-state index in [0.29, 0.717) is 5.56 Å². The van der Waals surface area contributed by atoms with Crippen LogP contribution in [0.5, 0.6) is 5.75 Å². The highest BCUT2D eigenvalue weighted by Crippen LogP contribution is 2.39. The highest BCUT2D eigenvalue weighted by Gasteiger charge is 2.26. The van der Waals surface area contributed by atoms with Crippen LogP contribution in [0.25, 0.3) is 11.1 Å². The molecule has 0 radical (unpaired) electrons. The van der Waals surface area contributed by atoms with Gasteiger partial charge < -0.3 is 4.74 Å². The molecule has 0 heterocycles. The summed E-state index contributed by atoms with van der Waals surface area (Å²) in [5.74, 6) is 0.826. The number of carbonyl (C=O) groups excluding carboxylic acids is 1. The minimum Gasteiger partial charge on any atom is -0.497 e. The maximum Gasteiger partial charge on any atom is 0.193 e. The van der Waals surface area contributed by atoms with E-state index in [1.165, 1.54) is 16.7 Å². The molecule has 3 aromatic carbocycles. The third-order valence-electron chi connectivity index (χ3n) is 5.46. The smallest absolute Gasteiger partial charge is 0.193 e. The van der Waals surface area contributed by atoms with Crippen LogP contribution in [0, 0.1) is 13.8 Å². The summed E-state index contributed by atoms with van der Waals surface area (Å²) >= 11 is 0. The minimum absolute atomic E-state index is 0.0723. The number of aryl methyl sites for hydroxylation is 3. The molecule has 0 amide bonds. The highest BCUT2D eigenvalue weighted by molar-refractivity contribution is 6.35. The van der Waals surface area contributed by atoms with E-state index in [9.17, 15) is 4.79 Å². The summed E-state index contributed by atoms with van der Waals surface area (Å²) in [5.41, 5.74) is 8.56. The number of rotatable bonds is 4. The van der Waals surface area contributed by atoms with Gasteiger partial charge in [0.25, 0.3) is 0 Å². The van der Waals surface area contributed by atoms with Crippen molar-refractivity contribution in [1.29, 1.82) is 0 Å². The van der Waals surface area contributed by atoms with E-state index in [0.717, 1.165) is 40.9 Å². The van der Waals surface area contributed by atoms with Crippen LogP contribution in [0.3, 0.4) is 0 Å². The molecule has 4 rings (SSSR count). The summed E-state index contributed by atoms with van der Waals surface area (Å²) in [6.07, 6.45) is 1.83. The molecule has 1 aliphatic rings. The first-order valence-electron chi connectivity index (χ1n) is 9.65. The van der Waals surface area contributed by atoms with E-state index >= 15 is 0 Å². The third kappa shape index (κ3) is 3.38. The summed E-state index contributed by atoms with van der Waals surface area (Å²) in [5, 5.41) is 0. The minimum atomic E-state index is 0.0723. The molecular formula is C26H24O2. The van der Waals surface area contributed by atoms with Crippen LogP contribution in [-0.4, -0.2) is 12.9 Å². The quantitative estimate of drug-likeness (QED) is 0.524. The van der Waals surface area contributed by atoms with E-state index < -0.39 is 0 Å². The van der Waals surface area contributed by atoms with Gasteiger partial charge in [0.15, 0.2) is 5.78 Å². The highest BCUT2D eigenvalue weighted by atomic mass is 16.5. The van der Waals surface area contributed by atoms with E-state index in [1.54, 1.807) is 7.11 Å². The van der Waals surface area contributed by atoms with Crippen molar-refractivity contribution in [3.63, 3.8) is 0 Å². The molecule has 0 saturated carbocycles. The van der Waals surface area contributed by atoms with Crippen molar-refractivity contribution in [2.75, 3.05) is 7.11 Å². The zero-order valence-electron chi connectivity index (χ0n) is 16.6. The summed E-state index contributed by atoms with van der Waals surface area (Å²) < 4.78 is 5.24. The van der Waals surface area contributed by atoms with Gasteiger partial charge in [-0.3, -0.25) is 4.79 Å². The lowest BCUT2D eigenvalue weighted by atomic mass is 9.79. The largest absolute Gasteiger partial charge is 0.497 e. The van der Waals surface area contributed by atoms with Gasteiger partial charge in [-0.05, 0) is 73.2 Å². The van der Waals surface area contributed by atoms with E-state index in [1.807, 2.05) is 24.3 Å². The Labute approximate surface area is 166 Å². The Hall–Kier alpha value is -3.13. The Morgan fingerprint density at radius 1 is 0.821 bits per heavy atom. The lowest BCUT2D eigenvalue weighted by molar-refractivity contribution is 0.105. The Morgan fingerprint density at radius 3 is 2.18 bits per heavy atom. The monoisotopic (exact) mass is 368 g/mol. The van der Waals surface area contributed by atoms with E-state index in [4.69, 9.17) is 4.74 Å². The van der Waals surface area contributed by atoms with Gasteiger partial charge in [-0.2, -0.15) is 0 Å². The SMILES string of the molecule is COc1ccc(C(=O)C2=C(c3ccc(C)cc3)CCc3cc(C)ccc32)cc1. The molecule has 2 heteroatoms. The number of carbonyl (C=O) groups is 1. The number of ketones is 1. The van der Waals surface area contributed by atoms with Gasteiger partial charge in [-0.25, -0.2) is 0 Å². The average molecular weight is 368 g/mol. The number of allylic oxidation sites excluding steroid dienone is 2. The zero-order chi connectivity index (χ0) is 19.7. The molecule has 1 aliphatic carbocycles. The first-order valence-corrected chi connectivity index (χ1v) is 9.65. The Kier molecular flexibility index (Phi) is 4.87. The predicted molar refractivity (Wildman–Crippen MR) is 115 cm³/mol. The lowest BCUT2D eigenvalue weighted by Gasteiger charge is -2.24. The molecule has 28 heavy (non-hydrogen) atoms. The molecule has 0 spiro atoms. The van der Waals surface area contributed by atoms with Gasteiger partial charge in [0.05, 0.1) is 7.11 Å².